The Morgan fingerprint density at radius 3 is 2.73 bits per heavy atom. The molecule has 1 amide bonds. The predicted molar refractivity (Wildman–Crippen MR) is 155 cm³/mol. The molecule has 6 rings (SSSR count). The number of halogens is 3. The van der Waals surface area contributed by atoms with Gasteiger partial charge in [-0.25, -0.2) is 23.1 Å². The molecule has 4 aromatic rings. The molecule has 2 aliphatic rings. The van der Waals surface area contributed by atoms with E-state index in [1.807, 2.05) is 25.7 Å². The first-order chi connectivity index (χ1) is 19.6. The molecule has 0 unspecified atom stereocenters. The second-order valence-electron chi connectivity index (χ2n) is 10.4. The number of rotatable bonds is 4. The van der Waals surface area contributed by atoms with Crippen molar-refractivity contribution in [1.29, 1.82) is 0 Å². The number of aromatic nitrogens is 3. The Balaban J connectivity index is 1.67. The third-order valence-corrected chi connectivity index (χ3v) is 8.98. The number of piperazine rings is 1. The Morgan fingerprint density at radius 1 is 1.24 bits per heavy atom. The Morgan fingerprint density at radius 2 is 2.02 bits per heavy atom. The maximum atomic E-state index is 15.3. The standard InChI is InChI=1S/C29H26ClF2N5O3S/c1-5-20(38)35-8-9-36(15(4)11-35)27-17-10-18(30)22-21-16(6-7-19(31)23(21)32)12-40-25(22)24(17)37(29(39)34-27)28-26(14(2)3)41-13-33-28/h5-7,10,13-15H,1,8-9,11-12H2,2-4H3/t15-/m0/s1. The van der Waals surface area contributed by atoms with E-state index in [0.29, 0.717) is 47.7 Å². The lowest BCUT2D eigenvalue weighted by Crippen LogP contribution is -2.54. The first kappa shape index (κ1) is 27.3. The zero-order valence-corrected chi connectivity index (χ0v) is 24.2. The van der Waals surface area contributed by atoms with E-state index in [1.54, 1.807) is 16.5 Å². The molecular formula is C29H26ClF2N5O3S. The van der Waals surface area contributed by atoms with Crippen LogP contribution in [0.25, 0.3) is 27.8 Å². The van der Waals surface area contributed by atoms with Crippen LogP contribution in [0.2, 0.25) is 5.02 Å². The molecular weight excluding hydrogens is 572 g/mol. The summed E-state index contributed by atoms with van der Waals surface area (Å²) in [5.74, 6) is -1.26. The van der Waals surface area contributed by atoms with Gasteiger partial charge in [-0.15, -0.1) is 11.3 Å². The summed E-state index contributed by atoms with van der Waals surface area (Å²) in [5.41, 5.74) is 1.98. The molecule has 1 atom stereocenters. The number of benzene rings is 2. The van der Waals surface area contributed by atoms with Gasteiger partial charge >= 0.3 is 5.69 Å². The molecule has 2 aromatic carbocycles. The Labute approximate surface area is 243 Å². The molecule has 0 aliphatic carbocycles. The van der Waals surface area contributed by atoms with Crippen molar-refractivity contribution in [2.75, 3.05) is 24.5 Å². The highest BCUT2D eigenvalue weighted by atomic mass is 35.5. The minimum Gasteiger partial charge on any atom is -0.486 e. The molecule has 0 bridgehead atoms. The summed E-state index contributed by atoms with van der Waals surface area (Å²) < 4.78 is 37.3. The molecule has 0 N–H and O–H groups in total. The molecule has 0 radical (unpaired) electrons. The van der Waals surface area contributed by atoms with E-state index >= 15 is 4.39 Å². The largest absolute Gasteiger partial charge is 0.486 e. The van der Waals surface area contributed by atoms with E-state index in [0.717, 1.165) is 10.9 Å². The topological polar surface area (TPSA) is 80.6 Å². The fourth-order valence-electron chi connectivity index (χ4n) is 5.64. The van der Waals surface area contributed by atoms with E-state index < -0.39 is 17.3 Å². The zero-order chi connectivity index (χ0) is 29.2. The van der Waals surface area contributed by atoms with Crippen molar-refractivity contribution in [3.05, 3.63) is 73.9 Å². The normalized spacial score (nSPS) is 16.5. The summed E-state index contributed by atoms with van der Waals surface area (Å²) in [6, 6.07) is 3.93. The highest BCUT2D eigenvalue weighted by Gasteiger charge is 2.34. The van der Waals surface area contributed by atoms with E-state index in [-0.39, 0.29) is 46.4 Å². The second-order valence-corrected chi connectivity index (χ2v) is 11.7. The number of nitrogens with zero attached hydrogens (tertiary/aromatic N) is 5. The molecule has 4 heterocycles. The number of anilines is 1. The number of hydrogen-bond acceptors (Lipinski definition) is 7. The molecule has 2 aromatic heterocycles. The SMILES string of the molecule is C=CC(=O)N1CCN(c2nc(=O)n(-c3ncsc3C(C)C)c3c4c(c(Cl)cc23)-c2c(ccc(F)c2F)CO4)[C@@H](C)C1. The lowest BCUT2D eigenvalue weighted by molar-refractivity contribution is -0.126. The van der Waals surface area contributed by atoms with Crippen LogP contribution in [0.15, 0.2) is 41.2 Å². The van der Waals surface area contributed by atoms with Crippen LogP contribution >= 0.6 is 22.9 Å². The van der Waals surface area contributed by atoms with Gasteiger partial charge in [0.2, 0.25) is 5.91 Å². The second kappa shape index (κ2) is 10.2. The summed E-state index contributed by atoms with van der Waals surface area (Å²) in [7, 11) is 0. The van der Waals surface area contributed by atoms with Crippen LogP contribution in [0.1, 0.15) is 37.1 Å². The zero-order valence-electron chi connectivity index (χ0n) is 22.6. The van der Waals surface area contributed by atoms with E-state index in [9.17, 15) is 14.0 Å². The van der Waals surface area contributed by atoms with Gasteiger partial charge in [0.25, 0.3) is 0 Å². The van der Waals surface area contributed by atoms with Gasteiger partial charge in [0, 0.05) is 47.8 Å². The molecule has 8 nitrogen and oxygen atoms in total. The van der Waals surface area contributed by atoms with Crippen molar-refractivity contribution in [1.82, 2.24) is 19.4 Å². The van der Waals surface area contributed by atoms with Gasteiger partial charge in [-0.2, -0.15) is 4.98 Å². The van der Waals surface area contributed by atoms with Crippen LogP contribution in [0.5, 0.6) is 5.75 Å². The number of carbonyl (C=O) groups is 1. The van der Waals surface area contributed by atoms with Crippen molar-refractivity contribution in [2.45, 2.75) is 39.3 Å². The lowest BCUT2D eigenvalue weighted by atomic mass is 9.94. The number of ether oxygens (including phenoxy) is 1. The summed E-state index contributed by atoms with van der Waals surface area (Å²) in [6.07, 6.45) is 1.28. The third kappa shape index (κ3) is 4.29. The number of carbonyl (C=O) groups excluding carboxylic acids is 1. The van der Waals surface area contributed by atoms with Crippen molar-refractivity contribution in [3.8, 4) is 22.7 Å². The molecule has 0 saturated carbocycles. The van der Waals surface area contributed by atoms with Crippen molar-refractivity contribution in [3.63, 3.8) is 0 Å². The molecule has 1 saturated heterocycles. The maximum Gasteiger partial charge on any atom is 0.356 e. The maximum absolute atomic E-state index is 15.3. The average molecular weight is 598 g/mol. The monoisotopic (exact) mass is 597 g/mol. The van der Waals surface area contributed by atoms with Crippen LogP contribution < -0.4 is 15.3 Å². The number of thiazole rings is 1. The lowest BCUT2D eigenvalue weighted by Gasteiger charge is -2.40. The number of hydrogen-bond donors (Lipinski definition) is 0. The van der Waals surface area contributed by atoms with Crippen molar-refractivity contribution < 1.29 is 18.3 Å². The molecule has 12 heteroatoms. The van der Waals surface area contributed by atoms with Gasteiger partial charge in [-0.3, -0.25) is 4.79 Å². The summed E-state index contributed by atoms with van der Waals surface area (Å²) in [6.45, 7) is 10.7. The third-order valence-electron chi connectivity index (χ3n) is 7.56. The van der Waals surface area contributed by atoms with Crippen LogP contribution in [-0.4, -0.2) is 51.0 Å². The Bertz CT molecular complexity index is 1800. The van der Waals surface area contributed by atoms with Crippen LogP contribution in [0, 0.1) is 11.6 Å². The van der Waals surface area contributed by atoms with Gasteiger partial charge in [-0.05, 0) is 31.1 Å². The Hall–Kier alpha value is -3.83. The highest BCUT2D eigenvalue weighted by Crippen LogP contribution is 2.49. The average Bonchev–Trinajstić information content (AvgIpc) is 3.44. The van der Waals surface area contributed by atoms with Gasteiger partial charge in [-0.1, -0.05) is 38.1 Å². The molecule has 212 valence electrons. The number of fused-ring (bicyclic) bond motifs is 5. The van der Waals surface area contributed by atoms with Crippen molar-refractivity contribution in [2.24, 2.45) is 0 Å². The molecule has 2 aliphatic heterocycles. The summed E-state index contributed by atoms with van der Waals surface area (Å²) in [4.78, 5) is 39.7. The van der Waals surface area contributed by atoms with Crippen molar-refractivity contribution >= 4 is 45.6 Å². The van der Waals surface area contributed by atoms with Gasteiger partial charge in [0.1, 0.15) is 17.9 Å². The first-order valence-electron chi connectivity index (χ1n) is 13.1. The fraction of sp³-hybridized carbons (Fsp3) is 0.310. The smallest absolute Gasteiger partial charge is 0.356 e. The first-order valence-corrected chi connectivity index (χ1v) is 14.4. The van der Waals surface area contributed by atoms with E-state index in [2.05, 4.69) is 16.5 Å². The number of amides is 1. The summed E-state index contributed by atoms with van der Waals surface area (Å²) in [5, 5.41) is 0.619. The van der Waals surface area contributed by atoms with Crippen LogP contribution in [0.3, 0.4) is 0 Å². The highest BCUT2D eigenvalue weighted by molar-refractivity contribution is 7.10. The summed E-state index contributed by atoms with van der Waals surface area (Å²) >= 11 is 8.23. The molecule has 1 fully saturated rings. The Kier molecular flexibility index (Phi) is 6.82. The van der Waals surface area contributed by atoms with Crippen LogP contribution in [0.4, 0.5) is 14.6 Å². The minimum atomic E-state index is -1.04. The molecule has 41 heavy (non-hydrogen) atoms. The van der Waals surface area contributed by atoms with E-state index in [1.165, 1.54) is 28.0 Å². The van der Waals surface area contributed by atoms with E-state index in [4.69, 9.17) is 16.3 Å². The van der Waals surface area contributed by atoms with Crippen LogP contribution in [-0.2, 0) is 11.4 Å². The predicted octanol–water partition coefficient (Wildman–Crippen LogP) is 5.68. The van der Waals surface area contributed by atoms with Gasteiger partial charge in [0.05, 0.1) is 15.4 Å². The fourth-order valence-corrected chi connectivity index (χ4v) is 6.72. The van der Waals surface area contributed by atoms with Gasteiger partial charge < -0.3 is 14.5 Å². The molecule has 0 spiro atoms. The quantitative estimate of drug-likeness (QED) is 0.282. The van der Waals surface area contributed by atoms with Gasteiger partial charge in [0.15, 0.2) is 23.2 Å². The minimum absolute atomic E-state index is 0.00259.